The summed E-state index contributed by atoms with van der Waals surface area (Å²) in [6.45, 7) is 1.85. The van der Waals surface area contributed by atoms with Crippen LogP contribution < -0.4 is 9.47 Å². The molecule has 0 spiro atoms. The summed E-state index contributed by atoms with van der Waals surface area (Å²) < 4.78 is 23.6. The van der Waals surface area contributed by atoms with Gasteiger partial charge in [-0.2, -0.15) is 0 Å². The SMILES string of the molecule is COc1ccc(C(=O)Cc2cc(F)ccc2C)c(OC)c1. The maximum absolute atomic E-state index is 13.3. The third-order valence-electron chi connectivity index (χ3n) is 3.37. The second kappa shape index (κ2) is 6.39. The van der Waals surface area contributed by atoms with E-state index in [0.717, 1.165) is 5.56 Å². The highest BCUT2D eigenvalue weighted by Crippen LogP contribution is 2.26. The first-order valence-electron chi connectivity index (χ1n) is 6.55. The van der Waals surface area contributed by atoms with Crippen LogP contribution in [0.5, 0.6) is 11.5 Å². The zero-order valence-corrected chi connectivity index (χ0v) is 12.3. The van der Waals surface area contributed by atoms with Gasteiger partial charge in [-0.3, -0.25) is 4.79 Å². The van der Waals surface area contributed by atoms with Crippen molar-refractivity contribution in [2.45, 2.75) is 13.3 Å². The lowest BCUT2D eigenvalue weighted by atomic mass is 9.98. The number of hydrogen-bond acceptors (Lipinski definition) is 3. The Morgan fingerprint density at radius 3 is 2.52 bits per heavy atom. The Labute approximate surface area is 123 Å². The van der Waals surface area contributed by atoms with Crippen molar-refractivity contribution in [1.82, 2.24) is 0 Å². The number of ketones is 1. The summed E-state index contributed by atoms with van der Waals surface area (Å²) in [5.41, 5.74) is 2.03. The molecule has 0 aromatic heterocycles. The summed E-state index contributed by atoms with van der Waals surface area (Å²) in [6.07, 6.45) is 0.131. The average Bonchev–Trinajstić information content (AvgIpc) is 2.50. The second-order valence-corrected chi connectivity index (χ2v) is 4.74. The Balaban J connectivity index is 2.30. The first-order valence-corrected chi connectivity index (χ1v) is 6.55. The average molecular weight is 288 g/mol. The van der Waals surface area contributed by atoms with Crippen molar-refractivity contribution < 1.29 is 18.7 Å². The van der Waals surface area contributed by atoms with Crippen LogP contribution >= 0.6 is 0 Å². The largest absolute Gasteiger partial charge is 0.497 e. The maximum Gasteiger partial charge on any atom is 0.170 e. The van der Waals surface area contributed by atoms with Crippen LogP contribution in [0.2, 0.25) is 0 Å². The van der Waals surface area contributed by atoms with Crippen LogP contribution in [0.15, 0.2) is 36.4 Å². The Morgan fingerprint density at radius 1 is 1.10 bits per heavy atom. The Morgan fingerprint density at radius 2 is 1.86 bits per heavy atom. The number of Topliss-reactive ketones (excluding diaryl/α,β-unsaturated/α-hetero) is 1. The van der Waals surface area contributed by atoms with E-state index in [0.29, 0.717) is 22.6 Å². The van der Waals surface area contributed by atoms with Crippen molar-refractivity contribution >= 4 is 5.78 Å². The minimum Gasteiger partial charge on any atom is -0.497 e. The van der Waals surface area contributed by atoms with Gasteiger partial charge in [0, 0.05) is 12.5 Å². The number of carbonyl (C=O) groups excluding carboxylic acids is 1. The molecule has 0 saturated heterocycles. The van der Waals surface area contributed by atoms with Gasteiger partial charge in [0.25, 0.3) is 0 Å². The lowest BCUT2D eigenvalue weighted by Gasteiger charge is -2.10. The minimum absolute atomic E-state index is 0.122. The predicted octanol–water partition coefficient (Wildman–Crippen LogP) is 3.58. The topological polar surface area (TPSA) is 35.5 Å². The number of methoxy groups -OCH3 is 2. The molecular formula is C17H17FO3. The van der Waals surface area contributed by atoms with Crippen LogP contribution in [0.4, 0.5) is 4.39 Å². The van der Waals surface area contributed by atoms with E-state index in [1.807, 2.05) is 6.92 Å². The third kappa shape index (κ3) is 3.40. The van der Waals surface area contributed by atoms with Crippen LogP contribution in [-0.2, 0) is 6.42 Å². The van der Waals surface area contributed by atoms with E-state index >= 15 is 0 Å². The summed E-state index contributed by atoms with van der Waals surface area (Å²) >= 11 is 0. The smallest absolute Gasteiger partial charge is 0.170 e. The first kappa shape index (κ1) is 15.0. The molecule has 4 heteroatoms. The van der Waals surface area contributed by atoms with Gasteiger partial charge in [-0.1, -0.05) is 6.07 Å². The van der Waals surface area contributed by atoms with E-state index in [1.165, 1.54) is 19.2 Å². The van der Waals surface area contributed by atoms with Crippen molar-refractivity contribution in [2.75, 3.05) is 14.2 Å². The molecule has 3 nitrogen and oxygen atoms in total. The quantitative estimate of drug-likeness (QED) is 0.789. The lowest BCUT2D eigenvalue weighted by molar-refractivity contribution is 0.0990. The Kier molecular flexibility index (Phi) is 4.58. The first-order chi connectivity index (χ1) is 10.0. The number of ether oxygens (including phenoxy) is 2. The molecule has 2 rings (SSSR count). The van der Waals surface area contributed by atoms with Crippen LogP contribution in [-0.4, -0.2) is 20.0 Å². The fourth-order valence-electron chi connectivity index (χ4n) is 2.13. The van der Waals surface area contributed by atoms with Gasteiger partial charge < -0.3 is 9.47 Å². The molecule has 0 aliphatic carbocycles. The molecule has 0 saturated carbocycles. The van der Waals surface area contributed by atoms with E-state index < -0.39 is 0 Å². The molecule has 2 aromatic carbocycles. The molecule has 0 N–H and O–H groups in total. The number of carbonyl (C=O) groups is 1. The van der Waals surface area contributed by atoms with E-state index in [1.54, 1.807) is 31.4 Å². The zero-order chi connectivity index (χ0) is 15.4. The number of benzene rings is 2. The predicted molar refractivity (Wildman–Crippen MR) is 78.7 cm³/mol. The van der Waals surface area contributed by atoms with Crippen molar-refractivity contribution in [3.63, 3.8) is 0 Å². The van der Waals surface area contributed by atoms with Gasteiger partial charge in [-0.15, -0.1) is 0 Å². The van der Waals surface area contributed by atoms with Crippen molar-refractivity contribution in [3.05, 3.63) is 58.9 Å². The molecule has 0 atom stereocenters. The standard InChI is InChI=1S/C17H17FO3/c1-11-4-5-13(18)8-12(11)9-16(19)15-7-6-14(20-2)10-17(15)21-3/h4-8,10H,9H2,1-3H3. The molecule has 0 unspecified atom stereocenters. The second-order valence-electron chi connectivity index (χ2n) is 4.74. The van der Waals surface area contributed by atoms with Crippen molar-refractivity contribution in [2.24, 2.45) is 0 Å². The maximum atomic E-state index is 13.3. The fraction of sp³-hybridized carbons (Fsp3) is 0.235. The Hall–Kier alpha value is -2.36. The number of rotatable bonds is 5. The third-order valence-corrected chi connectivity index (χ3v) is 3.37. The molecule has 0 heterocycles. The summed E-state index contributed by atoms with van der Waals surface area (Å²) in [5.74, 6) is 0.604. The van der Waals surface area contributed by atoms with Gasteiger partial charge >= 0.3 is 0 Å². The normalized spacial score (nSPS) is 10.3. The molecule has 0 aliphatic rings. The summed E-state index contributed by atoms with van der Waals surface area (Å²) in [7, 11) is 3.05. The monoisotopic (exact) mass is 288 g/mol. The van der Waals surface area contributed by atoms with Gasteiger partial charge in [0.1, 0.15) is 17.3 Å². The highest BCUT2D eigenvalue weighted by atomic mass is 19.1. The molecule has 2 aromatic rings. The van der Waals surface area contributed by atoms with E-state index in [4.69, 9.17) is 9.47 Å². The number of aryl methyl sites for hydroxylation is 1. The molecule has 0 bridgehead atoms. The fourth-order valence-corrected chi connectivity index (χ4v) is 2.13. The van der Waals surface area contributed by atoms with E-state index in [-0.39, 0.29) is 18.0 Å². The minimum atomic E-state index is -0.343. The van der Waals surface area contributed by atoms with Gasteiger partial charge in [-0.05, 0) is 42.3 Å². The highest BCUT2D eigenvalue weighted by Gasteiger charge is 2.15. The molecule has 0 amide bonds. The molecule has 0 fully saturated rings. The summed E-state index contributed by atoms with van der Waals surface area (Å²) in [6, 6.07) is 9.47. The number of hydrogen-bond donors (Lipinski definition) is 0. The van der Waals surface area contributed by atoms with Crippen LogP contribution in [0.25, 0.3) is 0 Å². The summed E-state index contributed by atoms with van der Waals surface area (Å²) in [5, 5.41) is 0. The van der Waals surface area contributed by atoms with Crippen LogP contribution in [0.3, 0.4) is 0 Å². The van der Waals surface area contributed by atoms with E-state index in [2.05, 4.69) is 0 Å². The lowest BCUT2D eigenvalue weighted by Crippen LogP contribution is -2.07. The van der Waals surface area contributed by atoms with Gasteiger partial charge in [-0.25, -0.2) is 4.39 Å². The molecular weight excluding hydrogens is 271 g/mol. The Bertz CT molecular complexity index is 665. The highest BCUT2D eigenvalue weighted by molar-refractivity contribution is 6.00. The van der Waals surface area contributed by atoms with Crippen molar-refractivity contribution in [1.29, 1.82) is 0 Å². The van der Waals surface area contributed by atoms with Crippen LogP contribution in [0, 0.1) is 12.7 Å². The van der Waals surface area contributed by atoms with Gasteiger partial charge in [0.05, 0.1) is 19.8 Å². The molecule has 21 heavy (non-hydrogen) atoms. The molecule has 110 valence electrons. The number of halogens is 1. The molecule has 0 radical (unpaired) electrons. The summed E-state index contributed by atoms with van der Waals surface area (Å²) in [4.78, 5) is 12.4. The van der Waals surface area contributed by atoms with Gasteiger partial charge in [0.2, 0.25) is 0 Å². The zero-order valence-electron chi connectivity index (χ0n) is 12.3. The molecule has 0 aliphatic heterocycles. The van der Waals surface area contributed by atoms with E-state index in [9.17, 15) is 9.18 Å². The van der Waals surface area contributed by atoms with Crippen LogP contribution in [0.1, 0.15) is 21.5 Å². The van der Waals surface area contributed by atoms with Gasteiger partial charge in [0.15, 0.2) is 5.78 Å². The van der Waals surface area contributed by atoms with Crippen molar-refractivity contribution in [3.8, 4) is 11.5 Å².